The zero-order valence-electron chi connectivity index (χ0n) is 16.5. The predicted molar refractivity (Wildman–Crippen MR) is 108 cm³/mol. The molecule has 7 nitrogen and oxygen atoms in total. The molecule has 8 heteroatoms. The van der Waals surface area contributed by atoms with Crippen LogP contribution in [0.4, 0.5) is 4.79 Å². The summed E-state index contributed by atoms with van der Waals surface area (Å²) in [6, 6.07) is 0.887. The number of amides is 3. The van der Waals surface area contributed by atoms with E-state index in [1.54, 1.807) is 0 Å². The van der Waals surface area contributed by atoms with E-state index in [1.807, 2.05) is 11.8 Å². The first-order chi connectivity index (χ1) is 13.0. The molecule has 3 fully saturated rings. The Labute approximate surface area is 166 Å². The van der Waals surface area contributed by atoms with Crippen molar-refractivity contribution in [2.45, 2.75) is 62.9 Å². The average Bonchev–Trinajstić information content (AvgIpc) is 3.19. The first kappa shape index (κ1) is 20.7. The highest BCUT2D eigenvalue weighted by molar-refractivity contribution is 8.00. The lowest BCUT2D eigenvalue weighted by atomic mass is 10.0. The molecule has 27 heavy (non-hydrogen) atoms. The summed E-state index contributed by atoms with van der Waals surface area (Å²) in [6.07, 6.45) is 3.58. The van der Waals surface area contributed by atoms with Crippen molar-refractivity contribution in [1.82, 2.24) is 20.9 Å². The molecule has 3 heterocycles. The molecule has 0 spiro atoms. The number of thioether (sulfide) groups is 1. The number of hydrogen-bond acceptors (Lipinski definition) is 5. The number of morpholine rings is 1. The molecule has 0 saturated carbocycles. The van der Waals surface area contributed by atoms with Crippen LogP contribution in [0.15, 0.2) is 0 Å². The van der Waals surface area contributed by atoms with Crippen molar-refractivity contribution in [2.24, 2.45) is 5.92 Å². The summed E-state index contributed by atoms with van der Waals surface area (Å²) < 4.78 is 5.44. The monoisotopic (exact) mass is 398 g/mol. The van der Waals surface area contributed by atoms with Crippen molar-refractivity contribution in [1.29, 1.82) is 0 Å². The molecule has 3 aliphatic rings. The van der Waals surface area contributed by atoms with Crippen molar-refractivity contribution in [2.75, 3.05) is 38.6 Å². The number of nitrogens with one attached hydrogen (secondary N) is 3. The second kappa shape index (κ2) is 9.98. The Kier molecular flexibility index (Phi) is 7.66. The number of rotatable bonds is 9. The van der Waals surface area contributed by atoms with Gasteiger partial charge in [0.1, 0.15) is 0 Å². The Bertz CT molecular complexity index is 513. The molecular formula is C19H34N4O3S. The van der Waals surface area contributed by atoms with Gasteiger partial charge in [-0.05, 0) is 18.8 Å². The third kappa shape index (κ3) is 5.74. The Morgan fingerprint density at radius 2 is 2.07 bits per heavy atom. The highest BCUT2D eigenvalue weighted by Crippen LogP contribution is 2.33. The van der Waals surface area contributed by atoms with E-state index in [-0.39, 0.29) is 24.0 Å². The van der Waals surface area contributed by atoms with Gasteiger partial charge in [0.25, 0.3) is 0 Å². The number of carbonyl (C=O) groups excluding carboxylic acids is 2. The van der Waals surface area contributed by atoms with E-state index in [1.165, 1.54) is 0 Å². The van der Waals surface area contributed by atoms with Crippen molar-refractivity contribution >= 4 is 23.7 Å². The molecule has 3 amide bonds. The summed E-state index contributed by atoms with van der Waals surface area (Å²) >= 11 is 1.93. The maximum atomic E-state index is 12.2. The van der Waals surface area contributed by atoms with Gasteiger partial charge in [0.05, 0.1) is 25.3 Å². The largest absolute Gasteiger partial charge is 0.379 e. The Balaban J connectivity index is 1.30. The summed E-state index contributed by atoms with van der Waals surface area (Å²) in [5, 5.41) is 9.61. The number of carbonyl (C=O) groups is 2. The van der Waals surface area contributed by atoms with Crippen LogP contribution in [0.25, 0.3) is 0 Å². The minimum atomic E-state index is -0.0327. The van der Waals surface area contributed by atoms with Gasteiger partial charge in [-0.1, -0.05) is 20.3 Å². The van der Waals surface area contributed by atoms with Gasteiger partial charge in [0.15, 0.2) is 0 Å². The molecular weight excluding hydrogens is 364 g/mol. The Morgan fingerprint density at radius 1 is 1.30 bits per heavy atom. The topological polar surface area (TPSA) is 82.7 Å². The normalized spacial score (nSPS) is 29.3. The fourth-order valence-electron chi connectivity index (χ4n) is 4.28. The Hall–Kier alpha value is -0.990. The summed E-state index contributed by atoms with van der Waals surface area (Å²) in [4.78, 5) is 26.1. The average molecular weight is 399 g/mol. The van der Waals surface area contributed by atoms with Gasteiger partial charge in [-0.15, -0.1) is 0 Å². The van der Waals surface area contributed by atoms with Crippen molar-refractivity contribution in [3.63, 3.8) is 0 Å². The van der Waals surface area contributed by atoms with Crippen LogP contribution < -0.4 is 16.0 Å². The van der Waals surface area contributed by atoms with E-state index < -0.39 is 0 Å². The first-order valence-corrected chi connectivity index (χ1v) is 11.4. The number of fused-ring (bicyclic) bond motifs is 1. The van der Waals surface area contributed by atoms with Crippen LogP contribution in [-0.4, -0.2) is 78.8 Å². The van der Waals surface area contributed by atoms with Crippen LogP contribution in [0.5, 0.6) is 0 Å². The highest BCUT2D eigenvalue weighted by atomic mass is 32.2. The van der Waals surface area contributed by atoms with Crippen LogP contribution in [-0.2, 0) is 9.53 Å². The van der Waals surface area contributed by atoms with Crippen LogP contribution in [0, 0.1) is 5.92 Å². The third-order valence-electron chi connectivity index (χ3n) is 5.87. The van der Waals surface area contributed by atoms with Gasteiger partial charge >= 0.3 is 6.03 Å². The summed E-state index contributed by atoms with van der Waals surface area (Å²) in [5.41, 5.74) is 0. The lowest BCUT2D eigenvalue weighted by molar-refractivity contribution is -0.121. The molecule has 0 aliphatic carbocycles. The molecule has 0 aromatic heterocycles. The van der Waals surface area contributed by atoms with E-state index in [0.717, 1.165) is 57.9 Å². The maximum absolute atomic E-state index is 12.2. The zero-order chi connectivity index (χ0) is 19.2. The van der Waals surface area contributed by atoms with Crippen LogP contribution in [0.1, 0.15) is 39.5 Å². The molecule has 3 aliphatic heterocycles. The minimum absolute atomic E-state index is 0.0327. The van der Waals surface area contributed by atoms with E-state index in [9.17, 15) is 9.59 Å². The number of hydrogen-bond donors (Lipinski definition) is 3. The quantitative estimate of drug-likeness (QED) is 0.401. The second-order valence-electron chi connectivity index (χ2n) is 8.13. The molecule has 4 atom stereocenters. The fourth-order valence-corrected chi connectivity index (χ4v) is 5.82. The van der Waals surface area contributed by atoms with E-state index in [4.69, 9.17) is 4.74 Å². The van der Waals surface area contributed by atoms with Gasteiger partial charge in [-0.25, -0.2) is 4.79 Å². The molecule has 3 saturated heterocycles. The van der Waals surface area contributed by atoms with Crippen LogP contribution in [0.3, 0.4) is 0 Å². The number of urea groups is 1. The zero-order valence-corrected chi connectivity index (χ0v) is 17.4. The van der Waals surface area contributed by atoms with E-state index in [2.05, 4.69) is 34.7 Å². The summed E-state index contributed by atoms with van der Waals surface area (Å²) in [5.74, 6) is 1.65. The molecule has 3 rings (SSSR count). The van der Waals surface area contributed by atoms with Gasteiger partial charge in [-0.2, -0.15) is 11.8 Å². The predicted octanol–water partition coefficient (Wildman–Crippen LogP) is 1.19. The van der Waals surface area contributed by atoms with Gasteiger partial charge in [-0.3, -0.25) is 9.69 Å². The maximum Gasteiger partial charge on any atom is 0.315 e. The SMILES string of the molecule is CC(C)C(CNC(=O)CCCC[C@@H]1SC[C@@H]2NC(=O)N[C@@H]21)N1CCOCC1. The van der Waals surface area contributed by atoms with Crippen molar-refractivity contribution < 1.29 is 14.3 Å². The van der Waals surface area contributed by atoms with Crippen LogP contribution >= 0.6 is 11.8 Å². The smallest absolute Gasteiger partial charge is 0.315 e. The van der Waals surface area contributed by atoms with Gasteiger partial charge in [0.2, 0.25) is 5.91 Å². The van der Waals surface area contributed by atoms with Gasteiger partial charge < -0.3 is 20.7 Å². The molecule has 1 unspecified atom stereocenters. The molecule has 0 aromatic carbocycles. The lowest BCUT2D eigenvalue weighted by Crippen LogP contribution is -2.51. The van der Waals surface area contributed by atoms with E-state index >= 15 is 0 Å². The van der Waals surface area contributed by atoms with Crippen molar-refractivity contribution in [3.05, 3.63) is 0 Å². The second-order valence-corrected chi connectivity index (χ2v) is 9.40. The molecule has 0 aromatic rings. The molecule has 0 bridgehead atoms. The van der Waals surface area contributed by atoms with Gasteiger partial charge in [0, 0.05) is 43.1 Å². The third-order valence-corrected chi connectivity index (χ3v) is 7.38. The molecule has 3 N–H and O–H groups in total. The number of nitrogens with zero attached hydrogens (tertiary/aromatic N) is 1. The lowest BCUT2D eigenvalue weighted by Gasteiger charge is -2.36. The fraction of sp³-hybridized carbons (Fsp3) is 0.895. The standard InChI is InChI=1S/C19H34N4O3S/c1-13(2)15(23-7-9-26-10-8-23)11-20-17(24)6-4-3-5-16-18-14(12-27-16)21-19(25)22-18/h13-16,18H,3-12H2,1-2H3,(H,20,24)(H2,21,22,25)/t14-,15?,16-,18-/m0/s1. The van der Waals surface area contributed by atoms with E-state index in [0.29, 0.717) is 23.6 Å². The molecule has 154 valence electrons. The van der Waals surface area contributed by atoms with Crippen LogP contribution in [0.2, 0.25) is 0 Å². The van der Waals surface area contributed by atoms with Crippen molar-refractivity contribution in [3.8, 4) is 0 Å². The Morgan fingerprint density at radius 3 is 2.81 bits per heavy atom. The highest BCUT2D eigenvalue weighted by Gasteiger charge is 2.42. The number of unbranched alkanes of at least 4 members (excludes halogenated alkanes) is 1. The molecule has 0 radical (unpaired) electrons. The first-order valence-electron chi connectivity index (χ1n) is 10.3. The summed E-state index contributed by atoms with van der Waals surface area (Å²) in [6.45, 7) is 8.63. The summed E-state index contributed by atoms with van der Waals surface area (Å²) in [7, 11) is 0. The number of ether oxygens (including phenoxy) is 1. The minimum Gasteiger partial charge on any atom is -0.379 e.